The van der Waals surface area contributed by atoms with Crippen molar-refractivity contribution < 1.29 is 33.5 Å². The van der Waals surface area contributed by atoms with E-state index in [1.165, 1.54) is 26.4 Å². The number of nitro groups is 1. The van der Waals surface area contributed by atoms with Gasteiger partial charge in [0.1, 0.15) is 12.7 Å². The van der Waals surface area contributed by atoms with Crippen LogP contribution in [0.25, 0.3) is 0 Å². The number of benzene rings is 1. The highest BCUT2D eigenvalue weighted by Crippen LogP contribution is 2.34. The van der Waals surface area contributed by atoms with Gasteiger partial charge in [-0.3, -0.25) is 10.1 Å². The molecule has 0 aromatic heterocycles. The van der Waals surface area contributed by atoms with E-state index in [9.17, 15) is 19.7 Å². The van der Waals surface area contributed by atoms with E-state index in [1.807, 2.05) is 0 Å². The van der Waals surface area contributed by atoms with Crippen molar-refractivity contribution >= 4 is 39.7 Å². The van der Waals surface area contributed by atoms with Crippen LogP contribution in [0.2, 0.25) is 0 Å². The van der Waals surface area contributed by atoms with Crippen molar-refractivity contribution in [3.05, 3.63) is 27.8 Å². The maximum Gasteiger partial charge on any atom is 0.404 e. The fourth-order valence-corrected chi connectivity index (χ4v) is 2.65. The third-order valence-corrected chi connectivity index (χ3v) is 3.88. The van der Waals surface area contributed by atoms with Crippen LogP contribution in [0.4, 0.5) is 15.3 Å². The van der Waals surface area contributed by atoms with Crippen molar-refractivity contribution in [3.8, 4) is 11.5 Å². The van der Waals surface area contributed by atoms with E-state index in [4.69, 9.17) is 37.4 Å². The number of hydrogen-bond donors (Lipinski definition) is 0. The summed E-state index contributed by atoms with van der Waals surface area (Å²) in [5, 5.41) is 10.9. The van der Waals surface area contributed by atoms with Crippen LogP contribution < -0.4 is 9.47 Å². The molecular formula is C16H19Cl2NO8. The van der Waals surface area contributed by atoms with Crippen LogP contribution in [0.1, 0.15) is 31.2 Å². The minimum atomic E-state index is -1.04. The topological polar surface area (TPSA) is 114 Å². The molecular weight excluding hydrogens is 405 g/mol. The first-order chi connectivity index (χ1) is 12.8. The number of nitrogens with zero attached hydrogens (tertiary/aromatic N) is 1. The molecule has 1 saturated carbocycles. The van der Waals surface area contributed by atoms with Crippen molar-refractivity contribution in [3.63, 3.8) is 0 Å². The van der Waals surface area contributed by atoms with Crippen LogP contribution in [0.3, 0.4) is 0 Å². The predicted octanol–water partition coefficient (Wildman–Crippen LogP) is 4.79. The van der Waals surface area contributed by atoms with Crippen LogP contribution in [-0.4, -0.2) is 36.1 Å². The maximum absolute atomic E-state index is 10.9. The first-order valence-corrected chi connectivity index (χ1v) is 8.61. The van der Waals surface area contributed by atoms with E-state index in [0.29, 0.717) is 5.75 Å². The predicted molar refractivity (Wildman–Crippen MR) is 96.8 cm³/mol. The fraction of sp³-hybridized carbons (Fsp3) is 0.500. The SMILES string of the molecule is COc1cc(COC(=O)Cl)c([N+](=O)[O-])cc1OC.O=C(Cl)OC1CCCC1. The van der Waals surface area contributed by atoms with Gasteiger partial charge in [-0.15, -0.1) is 0 Å². The number of hydrogen-bond acceptors (Lipinski definition) is 8. The molecule has 0 unspecified atom stereocenters. The maximum atomic E-state index is 10.9. The average molecular weight is 424 g/mol. The van der Waals surface area contributed by atoms with E-state index >= 15 is 0 Å². The first kappa shape index (κ1) is 22.8. The third kappa shape index (κ3) is 7.88. The lowest BCUT2D eigenvalue weighted by Crippen LogP contribution is -2.08. The Labute approximate surface area is 165 Å². The summed E-state index contributed by atoms with van der Waals surface area (Å²) < 4.78 is 19.2. The van der Waals surface area contributed by atoms with E-state index in [0.717, 1.165) is 25.7 Å². The summed E-state index contributed by atoms with van der Waals surface area (Å²) in [6, 6.07) is 2.55. The smallest absolute Gasteiger partial charge is 0.404 e. The van der Waals surface area contributed by atoms with Crippen molar-refractivity contribution in [1.82, 2.24) is 0 Å². The summed E-state index contributed by atoms with van der Waals surface area (Å²) in [7, 11) is 2.75. The van der Waals surface area contributed by atoms with Gasteiger partial charge in [0.15, 0.2) is 11.5 Å². The molecule has 0 atom stereocenters. The minimum Gasteiger partial charge on any atom is -0.493 e. The molecule has 1 aromatic carbocycles. The number of nitro benzene ring substituents is 1. The molecule has 150 valence electrons. The van der Waals surface area contributed by atoms with Crippen molar-refractivity contribution in [2.45, 2.75) is 38.4 Å². The quantitative estimate of drug-likeness (QED) is 0.364. The van der Waals surface area contributed by atoms with Gasteiger partial charge in [0, 0.05) is 23.2 Å². The Morgan fingerprint density at radius 2 is 1.67 bits per heavy atom. The first-order valence-electron chi connectivity index (χ1n) is 7.86. The monoisotopic (exact) mass is 423 g/mol. The highest BCUT2D eigenvalue weighted by Gasteiger charge is 2.20. The molecule has 1 aliphatic carbocycles. The highest BCUT2D eigenvalue weighted by atomic mass is 35.5. The Hall–Kier alpha value is -2.26. The van der Waals surface area contributed by atoms with E-state index < -0.39 is 15.8 Å². The molecule has 0 radical (unpaired) electrons. The van der Waals surface area contributed by atoms with Crippen LogP contribution in [0.5, 0.6) is 11.5 Å². The fourth-order valence-electron chi connectivity index (χ4n) is 2.47. The zero-order valence-corrected chi connectivity index (χ0v) is 16.2. The zero-order chi connectivity index (χ0) is 20.4. The van der Waals surface area contributed by atoms with E-state index in [2.05, 4.69) is 4.74 Å². The summed E-state index contributed by atoms with van der Waals surface area (Å²) in [4.78, 5) is 30.9. The second kappa shape index (κ2) is 11.5. The molecule has 0 bridgehead atoms. The molecule has 1 aliphatic rings. The van der Waals surface area contributed by atoms with E-state index in [-0.39, 0.29) is 29.7 Å². The van der Waals surface area contributed by atoms with Crippen molar-refractivity contribution in [1.29, 1.82) is 0 Å². The minimum absolute atomic E-state index is 0.106. The average Bonchev–Trinajstić information content (AvgIpc) is 3.11. The normalized spacial score (nSPS) is 13.2. The molecule has 1 aromatic rings. The second-order valence-electron chi connectivity index (χ2n) is 5.38. The Morgan fingerprint density at radius 3 is 2.11 bits per heavy atom. The second-order valence-corrected chi connectivity index (χ2v) is 6.00. The molecule has 0 aliphatic heterocycles. The van der Waals surface area contributed by atoms with Crippen LogP contribution in [0, 0.1) is 10.1 Å². The Morgan fingerprint density at radius 1 is 1.11 bits per heavy atom. The summed E-state index contributed by atoms with van der Waals surface area (Å²) in [5.41, 5.74) is -1.79. The molecule has 0 saturated heterocycles. The molecule has 9 nitrogen and oxygen atoms in total. The van der Waals surface area contributed by atoms with Gasteiger partial charge in [0.2, 0.25) is 0 Å². The summed E-state index contributed by atoms with van der Waals surface area (Å²) >= 11 is 10.0. The van der Waals surface area contributed by atoms with Gasteiger partial charge in [-0.1, -0.05) is 0 Å². The lowest BCUT2D eigenvalue weighted by atomic mass is 10.1. The Bertz CT molecular complexity index is 677. The molecule has 0 heterocycles. The lowest BCUT2D eigenvalue weighted by Gasteiger charge is -2.10. The summed E-state index contributed by atoms with van der Waals surface area (Å²) in [5.74, 6) is 0.508. The lowest BCUT2D eigenvalue weighted by molar-refractivity contribution is -0.385. The number of ether oxygens (including phenoxy) is 4. The van der Waals surface area contributed by atoms with Gasteiger partial charge in [0.05, 0.1) is 30.8 Å². The Kier molecular flexibility index (Phi) is 9.66. The molecule has 27 heavy (non-hydrogen) atoms. The molecule has 2 rings (SSSR count). The van der Waals surface area contributed by atoms with Gasteiger partial charge in [-0.25, -0.2) is 9.59 Å². The largest absolute Gasteiger partial charge is 0.493 e. The highest BCUT2D eigenvalue weighted by molar-refractivity contribution is 6.61. The molecule has 0 spiro atoms. The van der Waals surface area contributed by atoms with Gasteiger partial charge in [-0.05, 0) is 31.7 Å². The van der Waals surface area contributed by atoms with Gasteiger partial charge in [-0.2, -0.15) is 0 Å². The van der Waals surface area contributed by atoms with Crippen molar-refractivity contribution in [2.75, 3.05) is 14.2 Å². The number of methoxy groups -OCH3 is 2. The van der Waals surface area contributed by atoms with Crippen LogP contribution in [0.15, 0.2) is 12.1 Å². The van der Waals surface area contributed by atoms with Gasteiger partial charge in [0.25, 0.3) is 5.69 Å². The van der Waals surface area contributed by atoms with Crippen LogP contribution in [-0.2, 0) is 16.1 Å². The third-order valence-electron chi connectivity index (χ3n) is 3.68. The molecule has 1 fully saturated rings. The molecule has 0 N–H and O–H groups in total. The number of halogens is 2. The molecule has 0 amide bonds. The standard InChI is InChI=1S/C10H10ClNO6.C6H9ClO2/c1-16-8-3-6(5-18-10(11)13)7(12(14)15)4-9(8)17-2;7-6(8)9-5-3-1-2-4-5/h3-4H,5H2,1-2H3;5H,1-4H2. The Balaban J connectivity index is 0.000000337. The molecule has 11 heteroatoms. The van der Waals surface area contributed by atoms with Crippen molar-refractivity contribution in [2.24, 2.45) is 0 Å². The van der Waals surface area contributed by atoms with Gasteiger partial charge >= 0.3 is 10.9 Å². The van der Waals surface area contributed by atoms with Crippen LogP contribution >= 0.6 is 23.2 Å². The number of rotatable bonds is 6. The van der Waals surface area contributed by atoms with Gasteiger partial charge < -0.3 is 18.9 Å². The zero-order valence-electron chi connectivity index (χ0n) is 14.7. The summed E-state index contributed by atoms with van der Waals surface area (Å²) in [6.45, 7) is -0.320. The van der Waals surface area contributed by atoms with E-state index in [1.54, 1.807) is 0 Å². The summed E-state index contributed by atoms with van der Waals surface area (Å²) in [6.07, 6.45) is 4.40. The number of carbonyl (C=O) groups excluding carboxylic acids is 2. The number of carbonyl (C=O) groups is 2.